The molecule has 2 aromatic carbocycles. The van der Waals surface area contributed by atoms with Gasteiger partial charge in [-0.25, -0.2) is 8.42 Å². The van der Waals surface area contributed by atoms with Crippen LogP contribution in [0.5, 0.6) is 0 Å². The highest BCUT2D eigenvalue weighted by molar-refractivity contribution is 7.89. The Hall–Kier alpha value is -2.38. The van der Waals surface area contributed by atoms with E-state index >= 15 is 0 Å². The van der Waals surface area contributed by atoms with E-state index in [1.54, 1.807) is 4.31 Å². The Morgan fingerprint density at radius 3 is 2.17 bits per heavy atom. The molecular formula is C22H29N3O3S. The lowest BCUT2D eigenvalue weighted by Gasteiger charge is -2.35. The Morgan fingerprint density at radius 2 is 1.52 bits per heavy atom. The van der Waals surface area contributed by atoms with Crippen LogP contribution in [0.2, 0.25) is 0 Å². The molecule has 0 saturated carbocycles. The second-order valence-corrected chi connectivity index (χ2v) is 9.32. The van der Waals surface area contributed by atoms with E-state index in [4.69, 9.17) is 0 Å². The van der Waals surface area contributed by atoms with Crippen LogP contribution >= 0.6 is 0 Å². The summed E-state index contributed by atoms with van der Waals surface area (Å²) in [5.41, 5.74) is 2.25. The summed E-state index contributed by atoms with van der Waals surface area (Å²) in [7, 11) is -3.29. The average Bonchev–Trinajstić information content (AvgIpc) is 2.77. The molecule has 1 fully saturated rings. The summed E-state index contributed by atoms with van der Waals surface area (Å²) in [4.78, 5) is 14.1. The Morgan fingerprint density at radius 1 is 0.897 bits per heavy atom. The summed E-state index contributed by atoms with van der Waals surface area (Å²) < 4.78 is 26.7. The van der Waals surface area contributed by atoms with Gasteiger partial charge in [-0.3, -0.25) is 4.79 Å². The molecule has 1 saturated heterocycles. The predicted octanol–water partition coefficient (Wildman–Crippen LogP) is 2.28. The fraction of sp³-hybridized carbons (Fsp3) is 0.409. The maximum atomic E-state index is 12.6. The minimum Gasteiger partial charge on any atom is -0.369 e. The second-order valence-electron chi connectivity index (χ2n) is 7.23. The molecule has 7 heteroatoms. The zero-order valence-electron chi connectivity index (χ0n) is 16.7. The minimum atomic E-state index is -3.29. The molecule has 1 heterocycles. The second kappa shape index (κ2) is 10.4. The van der Waals surface area contributed by atoms with Crippen molar-refractivity contribution in [1.82, 2.24) is 9.62 Å². The number of carbonyl (C=O) groups excluding carboxylic acids is 1. The van der Waals surface area contributed by atoms with Gasteiger partial charge < -0.3 is 10.2 Å². The van der Waals surface area contributed by atoms with E-state index in [-0.39, 0.29) is 11.7 Å². The molecule has 0 spiro atoms. The van der Waals surface area contributed by atoms with Crippen molar-refractivity contribution in [3.05, 3.63) is 66.2 Å². The van der Waals surface area contributed by atoms with Crippen LogP contribution in [0, 0.1) is 0 Å². The molecule has 0 aromatic heterocycles. The number of piperazine rings is 1. The number of aryl methyl sites for hydroxylation is 1. The lowest BCUT2D eigenvalue weighted by molar-refractivity contribution is -0.121. The first-order chi connectivity index (χ1) is 14.0. The summed E-state index contributed by atoms with van der Waals surface area (Å²) in [6.07, 6.45) is 1.53. The number of nitrogens with zero attached hydrogens (tertiary/aromatic N) is 2. The van der Waals surface area contributed by atoms with Crippen molar-refractivity contribution in [2.45, 2.75) is 19.3 Å². The Bertz CT molecular complexity index is 865. The summed E-state index contributed by atoms with van der Waals surface area (Å²) in [6.45, 7) is 2.77. The molecule has 3 rings (SSSR count). The van der Waals surface area contributed by atoms with Crippen molar-refractivity contribution in [2.24, 2.45) is 0 Å². The smallest absolute Gasteiger partial charge is 0.220 e. The van der Waals surface area contributed by atoms with E-state index in [0.717, 1.165) is 11.3 Å². The summed E-state index contributed by atoms with van der Waals surface area (Å²) in [5.74, 6) is 0.0276. The highest BCUT2D eigenvalue weighted by Crippen LogP contribution is 2.17. The normalized spacial score (nSPS) is 15.2. The molecule has 0 unspecified atom stereocenters. The fourth-order valence-corrected chi connectivity index (χ4v) is 4.95. The fourth-order valence-electron chi connectivity index (χ4n) is 3.47. The van der Waals surface area contributed by atoms with Crippen molar-refractivity contribution >= 4 is 21.6 Å². The third-order valence-corrected chi connectivity index (χ3v) is 7.09. The largest absolute Gasteiger partial charge is 0.369 e. The lowest BCUT2D eigenvalue weighted by atomic mass is 10.1. The zero-order valence-corrected chi connectivity index (χ0v) is 17.5. The molecule has 6 nitrogen and oxygen atoms in total. The average molecular weight is 416 g/mol. The van der Waals surface area contributed by atoms with Crippen molar-refractivity contribution in [1.29, 1.82) is 0 Å². The van der Waals surface area contributed by atoms with Gasteiger partial charge in [0.15, 0.2) is 0 Å². The number of para-hydroxylation sites is 1. The molecule has 0 atom stereocenters. The molecule has 0 aliphatic carbocycles. The SMILES string of the molecule is O=C(CCc1ccccc1)NCCCS(=O)(=O)N1CCN(c2ccccc2)CC1. The van der Waals surface area contributed by atoms with Crippen LogP contribution in [0.4, 0.5) is 5.69 Å². The van der Waals surface area contributed by atoms with Gasteiger partial charge in [0.1, 0.15) is 0 Å². The number of anilines is 1. The van der Waals surface area contributed by atoms with Gasteiger partial charge in [-0.05, 0) is 30.5 Å². The topological polar surface area (TPSA) is 69.7 Å². The van der Waals surface area contributed by atoms with E-state index in [9.17, 15) is 13.2 Å². The summed E-state index contributed by atoms with van der Waals surface area (Å²) in [6, 6.07) is 19.9. The first-order valence-corrected chi connectivity index (χ1v) is 11.7. The van der Waals surface area contributed by atoms with Crippen molar-refractivity contribution in [2.75, 3.05) is 43.4 Å². The first kappa shape index (κ1) is 21.3. The molecule has 1 amide bonds. The van der Waals surface area contributed by atoms with E-state index < -0.39 is 10.0 Å². The van der Waals surface area contributed by atoms with E-state index in [1.165, 1.54) is 0 Å². The Labute approximate surface area is 173 Å². The lowest BCUT2D eigenvalue weighted by Crippen LogP contribution is -2.49. The van der Waals surface area contributed by atoms with Gasteiger partial charge in [0.2, 0.25) is 15.9 Å². The van der Waals surface area contributed by atoms with E-state index in [1.807, 2.05) is 60.7 Å². The first-order valence-electron chi connectivity index (χ1n) is 10.1. The van der Waals surface area contributed by atoms with Crippen molar-refractivity contribution in [3.8, 4) is 0 Å². The van der Waals surface area contributed by atoms with Crippen LogP contribution in [0.3, 0.4) is 0 Å². The van der Waals surface area contributed by atoms with Gasteiger partial charge in [0, 0.05) is 44.8 Å². The predicted molar refractivity (Wildman–Crippen MR) is 116 cm³/mol. The number of benzene rings is 2. The number of amides is 1. The molecule has 0 radical (unpaired) electrons. The molecule has 156 valence electrons. The standard InChI is InChI=1S/C22H29N3O3S/c26-22(13-12-20-8-3-1-4-9-20)23-14-7-19-29(27,28)25-17-15-24(16-18-25)21-10-5-2-6-11-21/h1-6,8-11H,7,12-19H2,(H,23,26). The van der Waals surface area contributed by atoms with Gasteiger partial charge in [-0.15, -0.1) is 0 Å². The van der Waals surface area contributed by atoms with E-state index in [2.05, 4.69) is 10.2 Å². The monoisotopic (exact) mass is 415 g/mol. The Kier molecular flexibility index (Phi) is 7.66. The molecule has 1 N–H and O–H groups in total. The number of nitrogens with one attached hydrogen (secondary N) is 1. The molecule has 1 aliphatic heterocycles. The minimum absolute atomic E-state index is 0.0391. The molecular weight excluding hydrogens is 386 g/mol. The zero-order chi connectivity index (χ0) is 20.5. The van der Waals surface area contributed by atoms with Crippen LogP contribution in [0.25, 0.3) is 0 Å². The van der Waals surface area contributed by atoms with Crippen LogP contribution in [0.1, 0.15) is 18.4 Å². The van der Waals surface area contributed by atoms with Crippen LogP contribution in [-0.4, -0.2) is 57.1 Å². The number of rotatable bonds is 9. The number of hydrogen-bond donors (Lipinski definition) is 1. The van der Waals surface area contributed by atoms with Gasteiger partial charge in [0.25, 0.3) is 0 Å². The van der Waals surface area contributed by atoms with Crippen LogP contribution in [-0.2, 0) is 21.2 Å². The van der Waals surface area contributed by atoms with Crippen molar-refractivity contribution < 1.29 is 13.2 Å². The highest BCUT2D eigenvalue weighted by atomic mass is 32.2. The summed E-state index contributed by atoms with van der Waals surface area (Å²) >= 11 is 0. The van der Waals surface area contributed by atoms with Crippen molar-refractivity contribution in [3.63, 3.8) is 0 Å². The molecule has 2 aromatic rings. The Balaban J connectivity index is 1.34. The summed E-state index contributed by atoms with van der Waals surface area (Å²) in [5, 5.41) is 2.83. The third-order valence-electron chi connectivity index (χ3n) is 5.14. The van der Waals surface area contributed by atoms with E-state index in [0.29, 0.717) is 52.0 Å². The molecule has 0 bridgehead atoms. The van der Waals surface area contributed by atoms with Gasteiger partial charge in [-0.2, -0.15) is 4.31 Å². The van der Waals surface area contributed by atoms with Crippen LogP contribution in [0.15, 0.2) is 60.7 Å². The molecule has 29 heavy (non-hydrogen) atoms. The maximum absolute atomic E-state index is 12.6. The maximum Gasteiger partial charge on any atom is 0.220 e. The third kappa shape index (κ3) is 6.58. The quantitative estimate of drug-likeness (QED) is 0.638. The molecule has 1 aliphatic rings. The van der Waals surface area contributed by atoms with Gasteiger partial charge in [0.05, 0.1) is 5.75 Å². The number of carbonyl (C=O) groups is 1. The number of sulfonamides is 1. The van der Waals surface area contributed by atoms with Gasteiger partial charge in [-0.1, -0.05) is 48.5 Å². The van der Waals surface area contributed by atoms with Gasteiger partial charge >= 0.3 is 0 Å². The van der Waals surface area contributed by atoms with Crippen LogP contribution < -0.4 is 10.2 Å². The highest BCUT2D eigenvalue weighted by Gasteiger charge is 2.26. The number of hydrogen-bond acceptors (Lipinski definition) is 4.